The van der Waals surface area contributed by atoms with Crippen LogP contribution in [0.5, 0.6) is 0 Å². The third kappa shape index (κ3) is 4.13. The average molecular weight is 458 g/mol. The van der Waals surface area contributed by atoms with Crippen molar-refractivity contribution >= 4 is 41.1 Å². The van der Waals surface area contributed by atoms with Gasteiger partial charge < -0.3 is 14.9 Å². The lowest BCUT2D eigenvalue weighted by Gasteiger charge is -2.27. The number of hydrogen-bond donors (Lipinski definition) is 4. The number of halogens is 1. The molecule has 10 nitrogen and oxygen atoms in total. The van der Waals surface area contributed by atoms with E-state index in [1.54, 1.807) is 48.9 Å². The summed E-state index contributed by atoms with van der Waals surface area (Å²) in [5.41, 5.74) is 2.29. The summed E-state index contributed by atoms with van der Waals surface area (Å²) in [7, 11) is 1.82. The summed E-state index contributed by atoms with van der Waals surface area (Å²) in [6.45, 7) is 0. The number of imidazole rings is 2. The lowest BCUT2D eigenvalue weighted by Crippen LogP contribution is -2.27. The number of amides is 2. The van der Waals surface area contributed by atoms with Gasteiger partial charge in [-0.05, 0) is 35.9 Å². The van der Waals surface area contributed by atoms with Crippen molar-refractivity contribution in [2.45, 2.75) is 6.04 Å². The molecule has 34 heavy (non-hydrogen) atoms. The molecule has 2 amide bonds. The predicted molar refractivity (Wildman–Crippen MR) is 125 cm³/mol. The Kier molecular flexibility index (Phi) is 5.34. The molecule has 0 bridgehead atoms. The van der Waals surface area contributed by atoms with E-state index in [-0.39, 0.29) is 23.5 Å². The molecule has 2 aromatic carbocycles. The molecule has 0 spiro atoms. The first-order valence-corrected chi connectivity index (χ1v) is 10.3. The summed E-state index contributed by atoms with van der Waals surface area (Å²) in [6.07, 6.45) is 6.35. The van der Waals surface area contributed by atoms with Crippen molar-refractivity contribution in [3.8, 4) is 0 Å². The van der Waals surface area contributed by atoms with Gasteiger partial charge in [-0.15, -0.1) is 0 Å². The van der Waals surface area contributed by atoms with Crippen LogP contribution in [-0.2, 0) is 4.79 Å². The average Bonchev–Trinajstić information content (AvgIpc) is 3.49. The van der Waals surface area contributed by atoms with Crippen LogP contribution < -0.4 is 10.6 Å². The topological polar surface area (TPSA) is 131 Å². The Labute approximate surface area is 192 Å². The summed E-state index contributed by atoms with van der Waals surface area (Å²) in [5, 5.41) is 5.35. The van der Waals surface area contributed by atoms with Crippen LogP contribution in [0.3, 0.4) is 0 Å². The first-order valence-electron chi connectivity index (χ1n) is 10.3. The summed E-state index contributed by atoms with van der Waals surface area (Å²) in [4.78, 5) is 45.7. The number of nitrogens with zero attached hydrogens (tertiary/aromatic N) is 4. The Morgan fingerprint density at radius 2 is 1.85 bits per heavy atom. The number of rotatable bonds is 5. The van der Waals surface area contributed by atoms with Crippen molar-refractivity contribution in [2.24, 2.45) is 4.99 Å². The van der Waals surface area contributed by atoms with Gasteiger partial charge >= 0.3 is 0 Å². The van der Waals surface area contributed by atoms with Crippen molar-refractivity contribution in [3.05, 3.63) is 83.6 Å². The number of carbonyl (C=O) groups excluding carboxylic acids is 2. The predicted octanol–water partition coefficient (Wildman–Crippen LogP) is 3.21. The molecule has 4 aromatic rings. The van der Waals surface area contributed by atoms with Crippen molar-refractivity contribution in [1.29, 1.82) is 0 Å². The molecule has 1 atom stereocenters. The molecular weight excluding hydrogens is 439 g/mol. The van der Waals surface area contributed by atoms with Gasteiger partial charge in [0.1, 0.15) is 17.0 Å². The summed E-state index contributed by atoms with van der Waals surface area (Å²) in [5.74, 6) is -0.716. The van der Waals surface area contributed by atoms with Crippen molar-refractivity contribution < 1.29 is 14.0 Å². The van der Waals surface area contributed by atoms with E-state index < -0.39 is 11.8 Å². The smallest absolute Gasteiger partial charge is 0.276 e. The molecule has 0 aliphatic carbocycles. The van der Waals surface area contributed by atoms with Gasteiger partial charge in [-0.2, -0.15) is 0 Å². The number of nitrogens with one attached hydrogen (secondary N) is 4. The molecular formula is C23H19FN8O2. The van der Waals surface area contributed by atoms with Crippen molar-refractivity contribution in [3.63, 3.8) is 0 Å². The largest absolute Gasteiger partial charge is 0.355 e. The van der Waals surface area contributed by atoms with Crippen molar-refractivity contribution in [1.82, 2.24) is 24.8 Å². The second-order valence-corrected chi connectivity index (χ2v) is 7.59. The van der Waals surface area contributed by atoms with Gasteiger partial charge in [0.2, 0.25) is 11.9 Å². The van der Waals surface area contributed by atoms with Crippen molar-refractivity contribution in [2.75, 3.05) is 17.7 Å². The van der Waals surface area contributed by atoms with Crippen LogP contribution in [0.1, 0.15) is 22.0 Å². The number of likely N-dealkylation sites (N-methyl/N-ethyl adjacent to an activating group) is 1. The van der Waals surface area contributed by atoms with Crippen LogP contribution in [0, 0.1) is 5.82 Å². The van der Waals surface area contributed by atoms with E-state index in [2.05, 4.69) is 35.6 Å². The quantitative estimate of drug-likeness (QED) is 0.365. The zero-order valence-corrected chi connectivity index (χ0v) is 17.9. The van der Waals surface area contributed by atoms with Gasteiger partial charge in [-0.3, -0.25) is 20.2 Å². The SMILES string of the molecule is CN1C=NC(C(=O)Nc2nc3c(C(=O)Nc4ncc[nH]4)cccc3[nH]2)=CC1c1ccc(F)cc1. The van der Waals surface area contributed by atoms with Gasteiger partial charge in [0, 0.05) is 19.4 Å². The summed E-state index contributed by atoms with van der Waals surface area (Å²) < 4.78 is 13.3. The molecule has 170 valence electrons. The molecule has 0 radical (unpaired) electrons. The number of H-pyrrole nitrogens is 2. The van der Waals surface area contributed by atoms with Crippen LogP contribution >= 0.6 is 0 Å². The van der Waals surface area contributed by atoms with Crippen LogP contribution in [0.25, 0.3) is 11.0 Å². The molecule has 0 fully saturated rings. The molecule has 0 saturated carbocycles. The third-order valence-corrected chi connectivity index (χ3v) is 5.30. The lowest BCUT2D eigenvalue weighted by atomic mass is 10.0. The van der Waals surface area contributed by atoms with E-state index in [0.29, 0.717) is 22.5 Å². The standard InChI is InChI=1S/C23H19FN8O2/c1-32-12-27-17(11-18(32)13-5-7-14(24)8-6-13)21(34)31-23-28-16-4-2-3-15(19(16)29-23)20(33)30-22-25-9-10-26-22/h2-12,18H,1H3,(H2,25,26,30,33)(H2,28,29,31,34). The van der Waals surface area contributed by atoms with Crippen LogP contribution in [0.2, 0.25) is 0 Å². The van der Waals surface area contributed by atoms with Gasteiger partial charge in [-0.1, -0.05) is 18.2 Å². The molecule has 5 rings (SSSR count). The Morgan fingerprint density at radius 1 is 1.06 bits per heavy atom. The molecule has 0 saturated heterocycles. The molecule has 11 heteroatoms. The van der Waals surface area contributed by atoms with E-state index in [1.165, 1.54) is 18.3 Å². The second kappa shape index (κ2) is 8.62. The molecule has 3 heterocycles. The summed E-state index contributed by atoms with van der Waals surface area (Å²) >= 11 is 0. The maximum Gasteiger partial charge on any atom is 0.276 e. The zero-order valence-electron chi connectivity index (χ0n) is 17.9. The molecule has 2 aromatic heterocycles. The Hall–Kier alpha value is -4.80. The highest BCUT2D eigenvalue weighted by Crippen LogP contribution is 2.26. The highest BCUT2D eigenvalue weighted by atomic mass is 19.1. The molecule has 1 unspecified atom stereocenters. The number of aromatic amines is 2. The fourth-order valence-corrected chi connectivity index (χ4v) is 3.62. The van der Waals surface area contributed by atoms with E-state index in [9.17, 15) is 14.0 Å². The minimum Gasteiger partial charge on any atom is -0.355 e. The number of carbonyl (C=O) groups is 2. The van der Waals surface area contributed by atoms with Crippen LogP contribution in [0.4, 0.5) is 16.3 Å². The number of anilines is 2. The van der Waals surface area contributed by atoms with Gasteiger partial charge in [-0.25, -0.2) is 19.4 Å². The number of benzene rings is 2. The normalized spacial score (nSPS) is 15.3. The summed E-state index contributed by atoms with van der Waals surface area (Å²) in [6, 6.07) is 10.9. The number of fused-ring (bicyclic) bond motifs is 1. The van der Waals surface area contributed by atoms with E-state index in [1.807, 2.05) is 11.9 Å². The maximum atomic E-state index is 13.3. The number of aromatic nitrogens is 4. The van der Waals surface area contributed by atoms with Gasteiger partial charge in [0.15, 0.2) is 0 Å². The minimum atomic E-state index is -0.475. The minimum absolute atomic E-state index is 0.173. The zero-order chi connectivity index (χ0) is 23.7. The number of para-hydroxylation sites is 1. The third-order valence-electron chi connectivity index (χ3n) is 5.30. The number of aliphatic imine (C=N–C) groups is 1. The Morgan fingerprint density at radius 3 is 2.62 bits per heavy atom. The highest BCUT2D eigenvalue weighted by Gasteiger charge is 2.22. The lowest BCUT2D eigenvalue weighted by molar-refractivity contribution is -0.113. The van der Waals surface area contributed by atoms with E-state index >= 15 is 0 Å². The van der Waals surface area contributed by atoms with E-state index in [0.717, 1.165) is 5.56 Å². The Balaban J connectivity index is 1.37. The van der Waals surface area contributed by atoms with Gasteiger partial charge in [0.05, 0.1) is 23.5 Å². The van der Waals surface area contributed by atoms with Crippen LogP contribution in [-0.4, -0.2) is 50.0 Å². The fourth-order valence-electron chi connectivity index (χ4n) is 3.62. The van der Waals surface area contributed by atoms with Gasteiger partial charge in [0.25, 0.3) is 11.8 Å². The highest BCUT2D eigenvalue weighted by molar-refractivity contribution is 6.11. The first kappa shape index (κ1) is 21.1. The van der Waals surface area contributed by atoms with E-state index in [4.69, 9.17) is 0 Å². The second-order valence-electron chi connectivity index (χ2n) is 7.59. The number of hydrogen-bond acceptors (Lipinski definition) is 6. The fraction of sp³-hybridized carbons (Fsp3) is 0.0870. The molecule has 1 aliphatic heterocycles. The molecule has 1 aliphatic rings. The Bertz CT molecular complexity index is 1420. The first-order chi connectivity index (χ1) is 16.5. The monoisotopic (exact) mass is 458 g/mol. The molecule has 4 N–H and O–H groups in total. The maximum absolute atomic E-state index is 13.3. The van der Waals surface area contributed by atoms with Crippen LogP contribution in [0.15, 0.2) is 71.6 Å².